The van der Waals surface area contributed by atoms with Gasteiger partial charge in [0.1, 0.15) is 0 Å². The van der Waals surface area contributed by atoms with Crippen LogP contribution in [0.4, 0.5) is 0 Å². The molecule has 13 heavy (non-hydrogen) atoms. The van der Waals surface area contributed by atoms with Crippen molar-refractivity contribution in [3.8, 4) is 0 Å². The Hall–Kier alpha value is -1.63. The molecule has 0 saturated carbocycles. The monoisotopic (exact) mass is 193 g/mol. The van der Waals surface area contributed by atoms with E-state index >= 15 is 0 Å². The third kappa shape index (κ3) is 17.9. The lowest BCUT2D eigenvalue weighted by molar-refractivity contribution is -0.159. The van der Waals surface area contributed by atoms with E-state index < -0.39 is 17.9 Å². The van der Waals surface area contributed by atoms with Crippen LogP contribution in [0.2, 0.25) is 0 Å². The van der Waals surface area contributed by atoms with Crippen molar-refractivity contribution in [1.29, 1.82) is 0 Å². The van der Waals surface area contributed by atoms with E-state index in [1.165, 1.54) is 0 Å². The molecule has 0 rings (SSSR count). The summed E-state index contributed by atoms with van der Waals surface area (Å²) in [6, 6.07) is 0. The van der Waals surface area contributed by atoms with Crippen molar-refractivity contribution in [3.05, 3.63) is 0 Å². The second-order valence-corrected chi connectivity index (χ2v) is 2.24. The Balaban J connectivity index is 0. The Morgan fingerprint density at radius 2 is 1.31 bits per heavy atom. The average Bonchev–Trinajstić information content (AvgIpc) is 1.84. The van der Waals surface area contributed by atoms with Gasteiger partial charge in [-0.25, -0.2) is 9.59 Å². The molecular formula is C6H11NO6. The van der Waals surface area contributed by atoms with Crippen molar-refractivity contribution in [2.45, 2.75) is 0 Å². The van der Waals surface area contributed by atoms with Gasteiger partial charge in [-0.1, -0.05) is 0 Å². The molecule has 0 bridgehead atoms. The van der Waals surface area contributed by atoms with Gasteiger partial charge in [0.05, 0.1) is 6.54 Å². The molecule has 0 atom stereocenters. The molecule has 0 aromatic carbocycles. The van der Waals surface area contributed by atoms with Crippen molar-refractivity contribution >= 4 is 17.9 Å². The molecule has 0 aliphatic heterocycles. The summed E-state index contributed by atoms with van der Waals surface area (Å²) in [5.74, 6) is -4.44. The zero-order chi connectivity index (χ0) is 11.0. The summed E-state index contributed by atoms with van der Waals surface area (Å²) in [5, 5.41) is 22.8. The van der Waals surface area contributed by atoms with Crippen LogP contribution in [-0.4, -0.2) is 58.8 Å². The fraction of sp³-hybridized carbons (Fsp3) is 0.500. The van der Waals surface area contributed by atoms with Gasteiger partial charge in [0.15, 0.2) is 0 Å². The van der Waals surface area contributed by atoms with Crippen LogP contribution in [0.25, 0.3) is 0 Å². The van der Waals surface area contributed by atoms with Crippen LogP contribution in [-0.2, 0) is 14.4 Å². The van der Waals surface area contributed by atoms with E-state index in [1.807, 2.05) is 0 Å². The van der Waals surface area contributed by atoms with E-state index in [9.17, 15) is 4.79 Å². The number of aliphatic carboxylic acids is 3. The molecule has 0 aliphatic rings. The molecule has 3 N–H and O–H groups in total. The quantitative estimate of drug-likeness (QED) is 0.471. The molecule has 0 heterocycles. The smallest absolute Gasteiger partial charge is 0.414 e. The molecule has 0 saturated heterocycles. The molecule has 76 valence electrons. The van der Waals surface area contributed by atoms with Gasteiger partial charge in [0, 0.05) is 0 Å². The zero-order valence-electron chi connectivity index (χ0n) is 7.22. The third-order valence-electron chi connectivity index (χ3n) is 0.634. The molecule has 0 radical (unpaired) electrons. The molecule has 0 aromatic rings. The molecule has 7 nitrogen and oxygen atoms in total. The predicted molar refractivity (Wildman–Crippen MR) is 41.5 cm³/mol. The highest BCUT2D eigenvalue weighted by atomic mass is 16.4. The summed E-state index contributed by atoms with van der Waals surface area (Å²) in [6.07, 6.45) is 0. The topological polar surface area (TPSA) is 115 Å². The molecule has 0 spiro atoms. The first-order valence-corrected chi connectivity index (χ1v) is 3.10. The van der Waals surface area contributed by atoms with Gasteiger partial charge >= 0.3 is 17.9 Å². The van der Waals surface area contributed by atoms with Crippen molar-refractivity contribution in [1.82, 2.24) is 4.90 Å². The van der Waals surface area contributed by atoms with Crippen LogP contribution >= 0.6 is 0 Å². The number of carbonyl (C=O) groups is 3. The maximum atomic E-state index is 9.77. The number of likely N-dealkylation sites (N-methyl/N-ethyl adjacent to an activating group) is 1. The molecular weight excluding hydrogens is 182 g/mol. The van der Waals surface area contributed by atoms with Gasteiger partial charge in [0.2, 0.25) is 0 Å². The highest BCUT2D eigenvalue weighted by molar-refractivity contribution is 6.27. The summed E-state index contributed by atoms with van der Waals surface area (Å²) < 4.78 is 0. The molecule has 0 aliphatic carbocycles. The van der Waals surface area contributed by atoms with E-state index in [2.05, 4.69) is 0 Å². The summed E-state index contributed by atoms with van der Waals surface area (Å²) in [6.45, 7) is 0.111. The molecule has 7 heteroatoms. The first-order chi connectivity index (χ1) is 5.77. The molecule has 0 unspecified atom stereocenters. The van der Waals surface area contributed by atoms with Crippen molar-refractivity contribution in [3.63, 3.8) is 0 Å². The highest BCUT2D eigenvalue weighted by Crippen LogP contribution is 1.69. The molecule has 0 fully saturated rings. The summed E-state index contributed by atoms with van der Waals surface area (Å²) in [7, 11) is 3.43. The van der Waals surface area contributed by atoms with Crippen LogP contribution in [0.3, 0.4) is 0 Å². The fourth-order valence-corrected chi connectivity index (χ4v) is 0.271. The Bertz CT molecular complexity index is 187. The minimum absolute atomic E-state index is 0.111. The van der Waals surface area contributed by atoms with Crippen LogP contribution in [0.5, 0.6) is 0 Å². The number of carboxylic acid groups (broad SMARTS) is 3. The maximum absolute atomic E-state index is 9.77. The minimum atomic E-state index is -1.82. The van der Waals surface area contributed by atoms with Crippen molar-refractivity contribution in [2.75, 3.05) is 20.6 Å². The second-order valence-electron chi connectivity index (χ2n) is 2.24. The van der Waals surface area contributed by atoms with Crippen LogP contribution < -0.4 is 0 Å². The fourth-order valence-electron chi connectivity index (χ4n) is 0.271. The first kappa shape index (κ1) is 13.9. The Kier molecular flexibility index (Phi) is 7.54. The SMILES string of the molecule is CN(C)CC(=O)O.O=C(O)C(=O)O. The largest absolute Gasteiger partial charge is 0.480 e. The second kappa shape index (κ2) is 7.04. The van der Waals surface area contributed by atoms with Gasteiger partial charge in [-0.15, -0.1) is 0 Å². The Morgan fingerprint density at radius 3 is 1.31 bits per heavy atom. The van der Waals surface area contributed by atoms with Crippen molar-refractivity contribution < 1.29 is 29.7 Å². The predicted octanol–water partition coefficient (Wildman–Crippen LogP) is -1.21. The van der Waals surface area contributed by atoms with Crippen molar-refractivity contribution in [2.24, 2.45) is 0 Å². The van der Waals surface area contributed by atoms with Gasteiger partial charge in [0.25, 0.3) is 0 Å². The van der Waals surface area contributed by atoms with Crippen LogP contribution in [0.1, 0.15) is 0 Å². The number of nitrogens with zero attached hydrogens (tertiary/aromatic N) is 1. The van der Waals surface area contributed by atoms with E-state index in [0.717, 1.165) is 0 Å². The Morgan fingerprint density at radius 1 is 1.00 bits per heavy atom. The number of hydrogen-bond acceptors (Lipinski definition) is 4. The number of carboxylic acids is 3. The normalized spacial score (nSPS) is 8.54. The first-order valence-electron chi connectivity index (χ1n) is 3.10. The maximum Gasteiger partial charge on any atom is 0.414 e. The minimum Gasteiger partial charge on any atom is -0.480 e. The van der Waals surface area contributed by atoms with Gasteiger partial charge in [-0.2, -0.15) is 0 Å². The molecule has 0 aromatic heterocycles. The van der Waals surface area contributed by atoms with Gasteiger partial charge in [-0.3, -0.25) is 9.69 Å². The van der Waals surface area contributed by atoms with Crippen LogP contribution in [0, 0.1) is 0 Å². The zero-order valence-corrected chi connectivity index (χ0v) is 7.22. The standard InChI is InChI=1S/C4H9NO2.C2H2O4/c1-5(2)3-4(6)7;3-1(4)2(5)6/h3H2,1-2H3,(H,6,7);(H,3,4)(H,5,6). The van der Waals surface area contributed by atoms with E-state index in [-0.39, 0.29) is 6.54 Å². The number of hydrogen-bond donors (Lipinski definition) is 3. The summed E-state index contributed by atoms with van der Waals surface area (Å²) in [4.78, 5) is 29.6. The summed E-state index contributed by atoms with van der Waals surface area (Å²) in [5.41, 5.74) is 0. The van der Waals surface area contributed by atoms with Gasteiger partial charge < -0.3 is 15.3 Å². The number of rotatable bonds is 2. The van der Waals surface area contributed by atoms with Gasteiger partial charge in [-0.05, 0) is 14.1 Å². The highest BCUT2D eigenvalue weighted by Gasteiger charge is 2.04. The third-order valence-corrected chi connectivity index (χ3v) is 0.634. The van der Waals surface area contributed by atoms with E-state index in [1.54, 1.807) is 19.0 Å². The Labute approximate surface area is 74.2 Å². The lowest BCUT2D eigenvalue weighted by Gasteiger charge is -2.01. The van der Waals surface area contributed by atoms with E-state index in [4.69, 9.17) is 24.9 Å². The lowest BCUT2D eigenvalue weighted by atomic mass is 10.6. The van der Waals surface area contributed by atoms with Crippen LogP contribution in [0.15, 0.2) is 0 Å². The summed E-state index contributed by atoms with van der Waals surface area (Å²) >= 11 is 0. The van der Waals surface area contributed by atoms with E-state index in [0.29, 0.717) is 0 Å². The average molecular weight is 193 g/mol. The molecule has 0 amide bonds. The lowest BCUT2D eigenvalue weighted by Crippen LogP contribution is -2.20.